The van der Waals surface area contributed by atoms with Crippen LogP contribution >= 0.6 is 0 Å². The number of hydrogen-bond donors (Lipinski definition) is 2. The van der Waals surface area contributed by atoms with Crippen LogP contribution in [0.1, 0.15) is 16.7 Å². The van der Waals surface area contributed by atoms with Crippen LogP contribution in [0, 0.1) is 12.3 Å². The lowest BCUT2D eigenvalue weighted by Gasteiger charge is -2.29. The Balaban J connectivity index is 1.52. The molecule has 0 saturated carbocycles. The molecule has 0 aliphatic carbocycles. The predicted octanol–water partition coefficient (Wildman–Crippen LogP) is 3.74. The number of carbonyl (C=O) groups excluding carboxylic acids is 1. The van der Waals surface area contributed by atoms with Gasteiger partial charge in [-0.25, -0.2) is 4.79 Å². The van der Waals surface area contributed by atoms with Crippen molar-refractivity contribution in [3.63, 3.8) is 0 Å². The van der Waals surface area contributed by atoms with Crippen LogP contribution in [-0.2, 0) is 13.0 Å². The number of amides is 2. The Hall–Kier alpha value is -3.19. The summed E-state index contributed by atoms with van der Waals surface area (Å²) < 4.78 is 0. The molecule has 1 aromatic heterocycles. The van der Waals surface area contributed by atoms with Crippen molar-refractivity contribution >= 4 is 22.6 Å². The monoisotopic (exact) mass is 315 g/mol. The molecule has 0 atom stereocenters. The number of aromatic nitrogens is 1. The molecular formula is C20H17N3O. The molecule has 0 saturated heterocycles. The lowest BCUT2D eigenvalue weighted by Crippen LogP contribution is -2.38. The van der Waals surface area contributed by atoms with Gasteiger partial charge in [0.2, 0.25) is 0 Å². The summed E-state index contributed by atoms with van der Waals surface area (Å²) in [6.45, 7) is 1.30. The average Bonchev–Trinajstić information content (AvgIpc) is 3.04. The number of nitrogens with one attached hydrogen (secondary N) is 2. The van der Waals surface area contributed by atoms with Crippen molar-refractivity contribution < 1.29 is 4.79 Å². The minimum atomic E-state index is -0.0774. The second kappa shape index (κ2) is 5.78. The van der Waals surface area contributed by atoms with Crippen molar-refractivity contribution in [3.05, 3.63) is 65.4 Å². The number of nitrogens with zero attached hydrogens (tertiary/aromatic N) is 1. The van der Waals surface area contributed by atoms with Gasteiger partial charge in [-0.1, -0.05) is 30.2 Å². The number of urea groups is 1. The maximum atomic E-state index is 12.6. The van der Waals surface area contributed by atoms with E-state index in [0.717, 1.165) is 34.1 Å². The number of rotatable bonds is 1. The normalized spacial score (nSPS) is 13.4. The maximum absolute atomic E-state index is 12.6. The van der Waals surface area contributed by atoms with Crippen LogP contribution in [0.3, 0.4) is 0 Å². The molecule has 0 spiro atoms. The number of benzene rings is 2. The van der Waals surface area contributed by atoms with Crippen LogP contribution < -0.4 is 5.32 Å². The van der Waals surface area contributed by atoms with E-state index in [9.17, 15) is 4.79 Å². The molecule has 4 heteroatoms. The van der Waals surface area contributed by atoms with Crippen molar-refractivity contribution in [2.24, 2.45) is 0 Å². The van der Waals surface area contributed by atoms with Gasteiger partial charge in [0.05, 0.1) is 5.69 Å². The van der Waals surface area contributed by atoms with Gasteiger partial charge in [0, 0.05) is 35.8 Å². The quantitative estimate of drug-likeness (QED) is 0.660. The van der Waals surface area contributed by atoms with Crippen molar-refractivity contribution in [1.29, 1.82) is 0 Å². The Labute approximate surface area is 140 Å². The molecule has 2 amide bonds. The van der Waals surface area contributed by atoms with E-state index in [2.05, 4.69) is 16.2 Å². The van der Waals surface area contributed by atoms with Crippen molar-refractivity contribution in [2.45, 2.75) is 13.0 Å². The second-order valence-electron chi connectivity index (χ2n) is 5.98. The highest BCUT2D eigenvalue weighted by molar-refractivity contribution is 6.01. The number of terminal acetylenes is 1. The van der Waals surface area contributed by atoms with Gasteiger partial charge < -0.3 is 15.2 Å². The zero-order valence-corrected chi connectivity index (χ0v) is 13.2. The molecule has 0 radical (unpaired) electrons. The third-order valence-electron chi connectivity index (χ3n) is 4.50. The van der Waals surface area contributed by atoms with E-state index in [1.165, 1.54) is 5.56 Å². The van der Waals surface area contributed by atoms with E-state index in [1.807, 2.05) is 53.6 Å². The summed E-state index contributed by atoms with van der Waals surface area (Å²) in [5.74, 6) is 2.66. The SMILES string of the molecule is C#Cc1ccc2c(c1)CCN(C(=O)Nc1c[nH]c3ccccc13)C2. The summed E-state index contributed by atoms with van der Waals surface area (Å²) in [6, 6.07) is 13.8. The highest BCUT2D eigenvalue weighted by Crippen LogP contribution is 2.24. The van der Waals surface area contributed by atoms with Gasteiger partial charge >= 0.3 is 6.03 Å². The maximum Gasteiger partial charge on any atom is 0.322 e. The van der Waals surface area contributed by atoms with Gasteiger partial charge in [-0.05, 0) is 35.7 Å². The third kappa shape index (κ3) is 2.50. The molecule has 2 N–H and O–H groups in total. The van der Waals surface area contributed by atoms with Gasteiger partial charge in [-0.2, -0.15) is 0 Å². The van der Waals surface area contributed by atoms with E-state index in [4.69, 9.17) is 6.42 Å². The highest BCUT2D eigenvalue weighted by Gasteiger charge is 2.21. The van der Waals surface area contributed by atoms with Crippen LogP contribution in [0.2, 0.25) is 0 Å². The summed E-state index contributed by atoms with van der Waals surface area (Å²) in [7, 11) is 0. The fourth-order valence-corrected chi connectivity index (χ4v) is 3.19. The Bertz CT molecular complexity index is 964. The van der Waals surface area contributed by atoms with E-state index < -0.39 is 0 Å². The molecule has 0 fully saturated rings. The predicted molar refractivity (Wildman–Crippen MR) is 95.8 cm³/mol. The van der Waals surface area contributed by atoms with Crippen LogP contribution in [0.5, 0.6) is 0 Å². The highest BCUT2D eigenvalue weighted by atomic mass is 16.2. The van der Waals surface area contributed by atoms with Crippen LogP contribution in [0.15, 0.2) is 48.7 Å². The van der Waals surface area contributed by atoms with Gasteiger partial charge in [-0.3, -0.25) is 0 Å². The molecule has 2 heterocycles. The van der Waals surface area contributed by atoms with Crippen LogP contribution in [0.25, 0.3) is 10.9 Å². The molecule has 4 rings (SSSR count). The lowest BCUT2D eigenvalue weighted by molar-refractivity contribution is 0.206. The summed E-state index contributed by atoms with van der Waals surface area (Å²) in [5, 5.41) is 4.03. The standard InChI is InChI=1S/C20H17N3O/c1-2-14-7-8-16-13-23(10-9-15(16)11-14)20(24)22-19-12-21-18-6-4-3-5-17(18)19/h1,3-8,11-12,21H,9-10,13H2,(H,22,24). The van der Waals surface area contributed by atoms with Crippen molar-refractivity contribution in [1.82, 2.24) is 9.88 Å². The third-order valence-corrected chi connectivity index (χ3v) is 4.50. The Kier molecular flexibility index (Phi) is 3.47. The number of anilines is 1. The lowest BCUT2D eigenvalue weighted by atomic mass is 9.97. The van der Waals surface area contributed by atoms with Crippen LogP contribution in [-0.4, -0.2) is 22.5 Å². The first kappa shape index (κ1) is 14.4. The van der Waals surface area contributed by atoms with E-state index in [0.29, 0.717) is 13.1 Å². The molecular weight excluding hydrogens is 298 g/mol. The Morgan fingerprint density at radius 3 is 2.96 bits per heavy atom. The molecule has 2 aromatic carbocycles. The number of aromatic amines is 1. The van der Waals surface area contributed by atoms with Gasteiger partial charge in [0.25, 0.3) is 0 Å². The number of H-pyrrole nitrogens is 1. The molecule has 1 aliphatic heterocycles. The molecule has 3 aromatic rings. The summed E-state index contributed by atoms with van der Waals surface area (Å²) >= 11 is 0. The average molecular weight is 315 g/mol. The Morgan fingerprint density at radius 2 is 2.08 bits per heavy atom. The smallest absolute Gasteiger partial charge is 0.322 e. The minimum Gasteiger partial charge on any atom is -0.359 e. The largest absolute Gasteiger partial charge is 0.359 e. The number of hydrogen-bond acceptors (Lipinski definition) is 1. The number of fused-ring (bicyclic) bond motifs is 2. The van der Waals surface area contributed by atoms with Gasteiger partial charge in [0.1, 0.15) is 0 Å². The number of para-hydroxylation sites is 1. The first-order valence-corrected chi connectivity index (χ1v) is 7.95. The van der Waals surface area contributed by atoms with Crippen LogP contribution in [0.4, 0.5) is 10.5 Å². The molecule has 1 aliphatic rings. The van der Waals surface area contributed by atoms with E-state index >= 15 is 0 Å². The second-order valence-corrected chi connectivity index (χ2v) is 5.98. The molecule has 0 unspecified atom stereocenters. The van der Waals surface area contributed by atoms with Gasteiger partial charge in [-0.15, -0.1) is 6.42 Å². The molecule has 118 valence electrons. The number of carbonyl (C=O) groups is 1. The fraction of sp³-hybridized carbons (Fsp3) is 0.150. The van der Waals surface area contributed by atoms with Crippen molar-refractivity contribution in [3.8, 4) is 12.3 Å². The zero-order chi connectivity index (χ0) is 16.5. The van der Waals surface area contributed by atoms with E-state index in [1.54, 1.807) is 0 Å². The fourth-order valence-electron chi connectivity index (χ4n) is 3.19. The Morgan fingerprint density at radius 1 is 1.21 bits per heavy atom. The van der Waals surface area contributed by atoms with Gasteiger partial charge in [0.15, 0.2) is 0 Å². The topological polar surface area (TPSA) is 48.1 Å². The first-order valence-electron chi connectivity index (χ1n) is 7.95. The molecule has 24 heavy (non-hydrogen) atoms. The first-order chi connectivity index (χ1) is 11.7. The zero-order valence-electron chi connectivity index (χ0n) is 13.2. The summed E-state index contributed by atoms with van der Waals surface area (Å²) in [5.41, 5.74) is 5.11. The minimum absolute atomic E-state index is 0.0774. The molecule has 0 bridgehead atoms. The summed E-state index contributed by atoms with van der Waals surface area (Å²) in [6.07, 6.45) is 8.11. The van der Waals surface area contributed by atoms with E-state index in [-0.39, 0.29) is 6.03 Å². The van der Waals surface area contributed by atoms with Crippen molar-refractivity contribution in [2.75, 3.05) is 11.9 Å². The summed E-state index contributed by atoms with van der Waals surface area (Å²) in [4.78, 5) is 17.6. The molecule has 4 nitrogen and oxygen atoms in total.